The number of rotatable bonds is 6. The van der Waals surface area contributed by atoms with Crippen molar-refractivity contribution in [2.24, 2.45) is 0 Å². The van der Waals surface area contributed by atoms with E-state index in [-0.39, 0.29) is 16.1 Å². The second kappa shape index (κ2) is 8.30. The Hall–Kier alpha value is -2.78. The monoisotopic (exact) mass is 433 g/mol. The van der Waals surface area contributed by atoms with Crippen LogP contribution in [0, 0.1) is 19.7 Å². The summed E-state index contributed by atoms with van der Waals surface area (Å²) in [7, 11) is -3.96. The van der Waals surface area contributed by atoms with E-state index in [9.17, 15) is 17.6 Å². The van der Waals surface area contributed by atoms with Gasteiger partial charge in [-0.15, -0.1) is 11.3 Å². The number of halogens is 1. The van der Waals surface area contributed by atoms with Crippen LogP contribution in [0.4, 0.5) is 15.1 Å². The summed E-state index contributed by atoms with van der Waals surface area (Å²) in [4.78, 5) is 17.0. The molecule has 0 fully saturated rings. The van der Waals surface area contributed by atoms with E-state index in [1.165, 1.54) is 29.5 Å². The molecule has 0 unspecified atom stereocenters. The SMILES string of the molecule is CCc1nc(C)c(NC(=O)c2ccc(C)c(S(=O)(=O)Nc3ccc(F)cc3)c2)s1. The van der Waals surface area contributed by atoms with Crippen LogP contribution in [0.2, 0.25) is 0 Å². The molecule has 0 spiro atoms. The zero-order chi connectivity index (χ0) is 21.2. The van der Waals surface area contributed by atoms with E-state index in [1.54, 1.807) is 19.1 Å². The number of nitrogens with zero attached hydrogens (tertiary/aromatic N) is 1. The maximum atomic E-state index is 13.1. The number of sulfonamides is 1. The van der Waals surface area contributed by atoms with Crippen LogP contribution >= 0.6 is 11.3 Å². The minimum atomic E-state index is -3.96. The van der Waals surface area contributed by atoms with Gasteiger partial charge >= 0.3 is 0 Å². The molecule has 0 atom stereocenters. The normalized spacial score (nSPS) is 11.3. The van der Waals surface area contributed by atoms with Gasteiger partial charge in [0.2, 0.25) is 0 Å². The molecule has 9 heteroatoms. The van der Waals surface area contributed by atoms with Crippen molar-refractivity contribution in [2.75, 3.05) is 10.0 Å². The van der Waals surface area contributed by atoms with Gasteiger partial charge in [0, 0.05) is 11.3 Å². The second-order valence-corrected chi connectivity index (χ2v) is 9.16. The van der Waals surface area contributed by atoms with Crippen molar-refractivity contribution >= 4 is 38.0 Å². The molecule has 29 heavy (non-hydrogen) atoms. The number of carbonyl (C=O) groups excluding carboxylic acids is 1. The Morgan fingerprint density at radius 2 is 1.83 bits per heavy atom. The van der Waals surface area contributed by atoms with E-state index in [1.807, 2.05) is 13.8 Å². The third-order valence-electron chi connectivity index (χ3n) is 4.21. The van der Waals surface area contributed by atoms with Gasteiger partial charge in [-0.25, -0.2) is 17.8 Å². The largest absolute Gasteiger partial charge is 0.312 e. The van der Waals surface area contributed by atoms with Gasteiger partial charge in [-0.3, -0.25) is 9.52 Å². The van der Waals surface area contributed by atoms with E-state index < -0.39 is 21.7 Å². The second-order valence-electron chi connectivity index (χ2n) is 6.42. The molecule has 2 aromatic carbocycles. The van der Waals surface area contributed by atoms with Crippen molar-refractivity contribution in [1.29, 1.82) is 0 Å². The van der Waals surface area contributed by atoms with E-state index in [0.717, 1.165) is 29.3 Å². The maximum Gasteiger partial charge on any atom is 0.262 e. The fourth-order valence-electron chi connectivity index (χ4n) is 2.65. The van der Waals surface area contributed by atoms with E-state index in [2.05, 4.69) is 15.0 Å². The first-order valence-electron chi connectivity index (χ1n) is 8.86. The zero-order valence-corrected chi connectivity index (χ0v) is 17.7. The summed E-state index contributed by atoms with van der Waals surface area (Å²) in [5.41, 5.74) is 1.64. The molecule has 2 N–H and O–H groups in total. The van der Waals surface area contributed by atoms with Crippen LogP contribution in [-0.2, 0) is 16.4 Å². The third-order valence-corrected chi connectivity index (χ3v) is 6.95. The quantitative estimate of drug-likeness (QED) is 0.598. The molecule has 0 saturated carbocycles. The number of benzene rings is 2. The predicted molar refractivity (Wildman–Crippen MR) is 113 cm³/mol. The third kappa shape index (κ3) is 4.80. The molecule has 0 saturated heterocycles. The number of amides is 1. The topological polar surface area (TPSA) is 88.2 Å². The molecule has 0 aliphatic heterocycles. The van der Waals surface area contributed by atoms with Crippen LogP contribution in [0.1, 0.15) is 33.5 Å². The van der Waals surface area contributed by atoms with Gasteiger partial charge in [-0.05, 0) is 62.2 Å². The molecular weight excluding hydrogens is 413 g/mol. The predicted octanol–water partition coefficient (Wildman–Crippen LogP) is 4.51. The molecular formula is C20H20FN3O3S2. The first kappa shape index (κ1) is 20.9. The number of hydrogen-bond acceptors (Lipinski definition) is 5. The first-order valence-corrected chi connectivity index (χ1v) is 11.2. The Morgan fingerprint density at radius 3 is 2.45 bits per heavy atom. The highest BCUT2D eigenvalue weighted by Gasteiger charge is 2.20. The smallest absolute Gasteiger partial charge is 0.262 e. The summed E-state index contributed by atoms with van der Waals surface area (Å²) >= 11 is 1.39. The lowest BCUT2D eigenvalue weighted by molar-refractivity contribution is 0.102. The van der Waals surface area contributed by atoms with Crippen molar-refractivity contribution in [3.05, 3.63) is 70.1 Å². The lowest BCUT2D eigenvalue weighted by Crippen LogP contribution is -2.17. The van der Waals surface area contributed by atoms with Crippen molar-refractivity contribution in [3.63, 3.8) is 0 Å². The lowest BCUT2D eigenvalue weighted by Gasteiger charge is -2.12. The highest BCUT2D eigenvalue weighted by atomic mass is 32.2. The Kier molecular flexibility index (Phi) is 5.99. The van der Waals surface area contributed by atoms with E-state index in [0.29, 0.717) is 10.6 Å². The fraction of sp³-hybridized carbons (Fsp3) is 0.200. The summed E-state index contributed by atoms with van der Waals surface area (Å²) in [6, 6.07) is 9.46. The number of anilines is 2. The summed E-state index contributed by atoms with van der Waals surface area (Å²) in [6.45, 7) is 5.43. The van der Waals surface area contributed by atoms with E-state index >= 15 is 0 Å². The molecule has 152 valence electrons. The zero-order valence-electron chi connectivity index (χ0n) is 16.1. The van der Waals surface area contributed by atoms with Crippen LogP contribution < -0.4 is 10.0 Å². The Balaban J connectivity index is 1.87. The summed E-state index contributed by atoms with van der Waals surface area (Å²) in [5, 5.41) is 4.35. The van der Waals surface area contributed by atoms with Crippen molar-refractivity contribution in [2.45, 2.75) is 32.1 Å². The van der Waals surface area contributed by atoms with Crippen molar-refractivity contribution in [3.8, 4) is 0 Å². The standard InChI is InChI=1S/C20H20FN3O3S2/c1-4-18-22-13(3)20(28-18)23-19(25)14-6-5-12(2)17(11-14)29(26,27)24-16-9-7-15(21)8-10-16/h5-11,24H,4H2,1-3H3,(H,23,25). The fourth-order valence-corrected chi connectivity index (χ4v) is 4.88. The summed E-state index contributed by atoms with van der Waals surface area (Å²) < 4.78 is 41.0. The lowest BCUT2D eigenvalue weighted by atomic mass is 10.1. The molecule has 0 bridgehead atoms. The van der Waals surface area contributed by atoms with Gasteiger partial charge < -0.3 is 5.32 Å². The molecule has 3 aromatic rings. The summed E-state index contributed by atoms with van der Waals surface area (Å²) in [6.07, 6.45) is 0.767. The maximum absolute atomic E-state index is 13.1. The minimum Gasteiger partial charge on any atom is -0.312 e. The number of nitrogens with one attached hydrogen (secondary N) is 2. The Bertz CT molecular complexity index is 1160. The number of carbonyl (C=O) groups is 1. The molecule has 1 aromatic heterocycles. The number of hydrogen-bond donors (Lipinski definition) is 2. The number of aryl methyl sites for hydroxylation is 3. The van der Waals surface area contributed by atoms with Gasteiger partial charge in [0.1, 0.15) is 10.8 Å². The molecule has 0 aliphatic rings. The minimum absolute atomic E-state index is 0.0234. The molecule has 6 nitrogen and oxygen atoms in total. The van der Waals surface area contributed by atoms with Gasteiger partial charge in [0.05, 0.1) is 15.6 Å². The molecule has 0 aliphatic carbocycles. The summed E-state index contributed by atoms with van der Waals surface area (Å²) in [5.74, 6) is -0.884. The average Bonchev–Trinajstić information content (AvgIpc) is 3.03. The highest BCUT2D eigenvalue weighted by molar-refractivity contribution is 7.92. The van der Waals surface area contributed by atoms with Gasteiger partial charge in [0.15, 0.2) is 0 Å². The highest BCUT2D eigenvalue weighted by Crippen LogP contribution is 2.26. The van der Waals surface area contributed by atoms with Crippen LogP contribution in [0.5, 0.6) is 0 Å². The Morgan fingerprint density at radius 1 is 1.14 bits per heavy atom. The average molecular weight is 434 g/mol. The van der Waals surface area contributed by atoms with Crippen LogP contribution in [0.15, 0.2) is 47.4 Å². The number of thiazole rings is 1. The van der Waals surface area contributed by atoms with Crippen LogP contribution in [0.25, 0.3) is 0 Å². The number of aromatic nitrogens is 1. The van der Waals surface area contributed by atoms with Gasteiger partial charge in [0.25, 0.3) is 15.9 Å². The molecule has 1 amide bonds. The molecule has 1 heterocycles. The van der Waals surface area contributed by atoms with E-state index in [4.69, 9.17) is 0 Å². The van der Waals surface area contributed by atoms with Crippen LogP contribution in [0.3, 0.4) is 0 Å². The van der Waals surface area contributed by atoms with Crippen molar-refractivity contribution < 1.29 is 17.6 Å². The van der Waals surface area contributed by atoms with Crippen molar-refractivity contribution in [1.82, 2.24) is 4.98 Å². The first-order chi connectivity index (χ1) is 13.7. The molecule has 3 rings (SSSR count). The van der Waals surface area contributed by atoms with Gasteiger partial charge in [-0.2, -0.15) is 0 Å². The Labute approximate surface area is 172 Å². The van der Waals surface area contributed by atoms with Crippen LogP contribution in [-0.4, -0.2) is 19.3 Å². The molecule has 0 radical (unpaired) electrons. The van der Waals surface area contributed by atoms with Gasteiger partial charge in [-0.1, -0.05) is 13.0 Å².